The Morgan fingerprint density at radius 3 is 2.53 bits per heavy atom. The Labute approximate surface area is 111 Å². The van der Waals surface area contributed by atoms with Gasteiger partial charge >= 0.3 is 0 Å². The van der Waals surface area contributed by atoms with Crippen LogP contribution in [0.15, 0.2) is 47.4 Å². The number of nitrogens with one attached hydrogen (secondary N) is 1. The molecule has 0 heterocycles. The highest BCUT2D eigenvalue weighted by Gasteiger charge is 2.15. The maximum atomic E-state index is 13.0. The first-order chi connectivity index (χ1) is 8.87. The van der Waals surface area contributed by atoms with Gasteiger partial charge in [-0.25, -0.2) is 12.8 Å². The van der Waals surface area contributed by atoms with Gasteiger partial charge in [0.05, 0.1) is 10.6 Å². The van der Waals surface area contributed by atoms with Crippen LogP contribution in [0.3, 0.4) is 0 Å². The van der Waals surface area contributed by atoms with Crippen LogP contribution in [-0.4, -0.2) is 8.42 Å². The number of hydrogen-bond acceptors (Lipinski definition) is 3. The van der Waals surface area contributed by atoms with Crippen molar-refractivity contribution < 1.29 is 12.8 Å². The van der Waals surface area contributed by atoms with Crippen LogP contribution in [0.5, 0.6) is 0 Å². The average molecular weight is 280 g/mol. The molecule has 4 nitrogen and oxygen atoms in total. The second-order valence-electron chi connectivity index (χ2n) is 4.20. The quantitative estimate of drug-likeness (QED) is 0.848. The minimum absolute atomic E-state index is 0.0502. The number of nitrogen functional groups attached to an aromatic ring is 1. The molecular formula is C13H13FN2O2S. The van der Waals surface area contributed by atoms with Gasteiger partial charge in [0, 0.05) is 5.69 Å². The van der Waals surface area contributed by atoms with Gasteiger partial charge in [0.2, 0.25) is 0 Å². The predicted molar refractivity (Wildman–Crippen MR) is 72.8 cm³/mol. The Morgan fingerprint density at radius 2 is 1.89 bits per heavy atom. The lowest BCUT2D eigenvalue weighted by Gasteiger charge is -2.09. The lowest BCUT2D eigenvalue weighted by molar-refractivity contribution is 0.601. The van der Waals surface area contributed by atoms with Gasteiger partial charge in [-0.05, 0) is 48.9 Å². The van der Waals surface area contributed by atoms with E-state index in [0.29, 0.717) is 5.69 Å². The van der Waals surface area contributed by atoms with Crippen molar-refractivity contribution in [2.45, 2.75) is 11.8 Å². The van der Waals surface area contributed by atoms with E-state index in [1.807, 2.05) is 0 Å². The van der Waals surface area contributed by atoms with Crippen LogP contribution in [-0.2, 0) is 10.0 Å². The summed E-state index contributed by atoms with van der Waals surface area (Å²) in [6.45, 7) is 1.75. The third-order valence-electron chi connectivity index (χ3n) is 2.46. The summed E-state index contributed by atoms with van der Waals surface area (Å²) in [4.78, 5) is 0.0502. The Bertz CT molecular complexity index is 694. The molecule has 3 N–H and O–H groups in total. The lowest BCUT2D eigenvalue weighted by Crippen LogP contribution is -2.13. The molecular weight excluding hydrogens is 267 g/mol. The summed E-state index contributed by atoms with van der Waals surface area (Å²) in [5.41, 5.74) is 6.88. The number of nitrogens with two attached hydrogens (primary N) is 1. The maximum Gasteiger partial charge on any atom is 0.261 e. The third-order valence-corrected chi connectivity index (χ3v) is 3.82. The van der Waals surface area contributed by atoms with E-state index in [1.54, 1.807) is 13.0 Å². The highest BCUT2D eigenvalue weighted by atomic mass is 32.2. The SMILES string of the molecule is Cc1cc(N)cc(S(=O)(=O)Nc2cccc(F)c2)c1. The topological polar surface area (TPSA) is 72.2 Å². The predicted octanol–water partition coefficient (Wildman–Crippen LogP) is 2.52. The van der Waals surface area contributed by atoms with E-state index in [0.717, 1.165) is 11.6 Å². The minimum Gasteiger partial charge on any atom is -0.399 e. The van der Waals surface area contributed by atoms with Gasteiger partial charge in [-0.2, -0.15) is 0 Å². The number of rotatable bonds is 3. The molecule has 0 aliphatic heterocycles. The summed E-state index contributed by atoms with van der Waals surface area (Å²) in [6, 6.07) is 9.77. The Morgan fingerprint density at radius 1 is 1.16 bits per heavy atom. The Hall–Kier alpha value is -2.08. The van der Waals surface area contributed by atoms with Gasteiger partial charge in [0.15, 0.2) is 0 Å². The van der Waals surface area contributed by atoms with Crippen molar-refractivity contribution >= 4 is 21.4 Å². The summed E-state index contributed by atoms with van der Waals surface area (Å²) in [6.07, 6.45) is 0. The Balaban J connectivity index is 2.37. The van der Waals surface area contributed by atoms with Crippen LogP contribution < -0.4 is 10.5 Å². The molecule has 0 radical (unpaired) electrons. The molecule has 100 valence electrons. The van der Waals surface area contributed by atoms with E-state index < -0.39 is 15.8 Å². The molecule has 0 fully saturated rings. The van der Waals surface area contributed by atoms with E-state index in [1.165, 1.54) is 30.3 Å². The van der Waals surface area contributed by atoms with Crippen molar-refractivity contribution in [3.8, 4) is 0 Å². The Kier molecular flexibility index (Phi) is 3.44. The molecule has 0 spiro atoms. The molecule has 0 aliphatic rings. The fourth-order valence-electron chi connectivity index (χ4n) is 1.70. The number of aryl methyl sites for hydroxylation is 1. The van der Waals surface area contributed by atoms with E-state index in [4.69, 9.17) is 5.73 Å². The molecule has 2 rings (SSSR count). The maximum absolute atomic E-state index is 13.0. The van der Waals surface area contributed by atoms with Crippen molar-refractivity contribution in [2.75, 3.05) is 10.5 Å². The number of sulfonamides is 1. The van der Waals surface area contributed by atoms with Gasteiger partial charge in [0.25, 0.3) is 10.0 Å². The number of hydrogen-bond donors (Lipinski definition) is 2. The molecule has 0 saturated heterocycles. The number of halogens is 1. The molecule has 0 bridgehead atoms. The van der Waals surface area contributed by atoms with Crippen LogP contribution in [0.2, 0.25) is 0 Å². The summed E-state index contributed by atoms with van der Waals surface area (Å²) < 4.78 is 39.6. The molecule has 0 aromatic heterocycles. The van der Waals surface area contributed by atoms with Crippen molar-refractivity contribution in [1.29, 1.82) is 0 Å². The van der Waals surface area contributed by atoms with E-state index >= 15 is 0 Å². The molecule has 0 atom stereocenters. The second-order valence-corrected chi connectivity index (χ2v) is 5.88. The average Bonchev–Trinajstić information content (AvgIpc) is 2.26. The van der Waals surface area contributed by atoms with Gasteiger partial charge in [-0.1, -0.05) is 6.07 Å². The van der Waals surface area contributed by atoms with Crippen molar-refractivity contribution in [3.05, 3.63) is 53.8 Å². The summed E-state index contributed by atoms with van der Waals surface area (Å²) >= 11 is 0. The monoisotopic (exact) mass is 280 g/mol. The van der Waals surface area contributed by atoms with E-state index in [2.05, 4.69) is 4.72 Å². The minimum atomic E-state index is -3.77. The largest absolute Gasteiger partial charge is 0.399 e. The zero-order valence-corrected chi connectivity index (χ0v) is 11.0. The van der Waals surface area contributed by atoms with Crippen LogP contribution in [0, 0.1) is 12.7 Å². The van der Waals surface area contributed by atoms with Crippen molar-refractivity contribution in [2.24, 2.45) is 0 Å². The summed E-state index contributed by atoms with van der Waals surface area (Å²) in [7, 11) is -3.77. The smallest absolute Gasteiger partial charge is 0.261 e. The van der Waals surface area contributed by atoms with Gasteiger partial charge in [0.1, 0.15) is 5.82 Å². The first-order valence-electron chi connectivity index (χ1n) is 5.52. The van der Waals surface area contributed by atoms with E-state index in [9.17, 15) is 12.8 Å². The van der Waals surface area contributed by atoms with Gasteiger partial charge in [-0.15, -0.1) is 0 Å². The third kappa shape index (κ3) is 3.23. The highest BCUT2D eigenvalue weighted by molar-refractivity contribution is 7.92. The summed E-state index contributed by atoms with van der Waals surface area (Å²) in [5, 5.41) is 0. The van der Waals surface area contributed by atoms with Crippen molar-refractivity contribution in [1.82, 2.24) is 0 Å². The van der Waals surface area contributed by atoms with Crippen LogP contribution in [0.4, 0.5) is 15.8 Å². The first-order valence-corrected chi connectivity index (χ1v) is 7.01. The molecule has 19 heavy (non-hydrogen) atoms. The summed E-state index contributed by atoms with van der Waals surface area (Å²) in [5.74, 6) is -0.510. The molecule has 2 aromatic carbocycles. The zero-order valence-electron chi connectivity index (χ0n) is 10.2. The van der Waals surface area contributed by atoms with Gasteiger partial charge in [-0.3, -0.25) is 4.72 Å². The lowest BCUT2D eigenvalue weighted by atomic mass is 10.2. The normalized spacial score (nSPS) is 11.3. The highest BCUT2D eigenvalue weighted by Crippen LogP contribution is 2.20. The van der Waals surface area contributed by atoms with Crippen LogP contribution in [0.25, 0.3) is 0 Å². The molecule has 2 aromatic rings. The fraction of sp³-hybridized carbons (Fsp3) is 0.0769. The molecule has 0 aliphatic carbocycles. The second kappa shape index (κ2) is 4.89. The molecule has 0 unspecified atom stereocenters. The number of anilines is 2. The fourth-order valence-corrected chi connectivity index (χ4v) is 2.89. The molecule has 0 amide bonds. The van der Waals surface area contributed by atoms with Crippen LogP contribution >= 0.6 is 0 Å². The van der Waals surface area contributed by atoms with Gasteiger partial charge < -0.3 is 5.73 Å². The molecule has 0 saturated carbocycles. The van der Waals surface area contributed by atoms with Crippen LogP contribution in [0.1, 0.15) is 5.56 Å². The zero-order chi connectivity index (χ0) is 14.0. The van der Waals surface area contributed by atoms with Crippen molar-refractivity contribution in [3.63, 3.8) is 0 Å². The molecule has 6 heteroatoms. The van der Waals surface area contributed by atoms with E-state index in [-0.39, 0.29) is 10.6 Å². The number of benzene rings is 2. The standard InChI is InChI=1S/C13H13FN2O2S/c1-9-5-11(15)8-13(6-9)19(17,18)16-12-4-2-3-10(14)7-12/h2-8,16H,15H2,1H3. The first kappa shape index (κ1) is 13.4.